The molecule has 0 radical (unpaired) electrons. The van der Waals surface area contributed by atoms with Crippen molar-refractivity contribution < 1.29 is 19.4 Å². The molecule has 1 N–H and O–H groups in total. The third-order valence-corrected chi connectivity index (χ3v) is 3.73. The van der Waals surface area contributed by atoms with Gasteiger partial charge in [0.05, 0.1) is 30.7 Å². The average Bonchev–Trinajstić information content (AvgIpc) is 2.59. The Kier molecular flexibility index (Phi) is 6.39. The number of aromatic carboxylic acids is 1. The van der Waals surface area contributed by atoms with Crippen LogP contribution in [0.4, 0.5) is 0 Å². The largest absolute Gasteiger partial charge is 0.497 e. The van der Waals surface area contributed by atoms with E-state index < -0.39 is 5.97 Å². The van der Waals surface area contributed by atoms with Gasteiger partial charge in [-0.05, 0) is 49.1 Å². The molecule has 0 bridgehead atoms. The Labute approximate surface area is 148 Å². The lowest BCUT2D eigenvalue weighted by Crippen LogP contribution is -2.09. The first-order valence-corrected chi connectivity index (χ1v) is 8.50. The summed E-state index contributed by atoms with van der Waals surface area (Å²) >= 11 is 0. The van der Waals surface area contributed by atoms with Gasteiger partial charge >= 0.3 is 5.97 Å². The van der Waals surface area contributed by atoms with Crippen LogP contribution in [0.3, 0.4) is 0 Å². The monoisotopic (exact) mass is 343 g/mol. The number of methoxy groups -OCH3 is 1. The maximum absolute atomic E-state index is 11.5. The molecule has 0 aliphatic carbocycles. The fraction of sp³-hybridized carbons (Fsp3) is 0.400. The number of hydrogen-bond acceptors (Lipinski definition) is 4. The summed E-state index contributed by atoms with van der Waals surface area (Å²) in [4.78, 5) is 16.1. The predicted octanol–water partition coefficient (Wildman–Crippen LogP) is 4.44. The molecule has 0 aliphatic rings. The molecule has 0 saturated heterocycles. The van der Waals surface area contributed by atoms with Gasteiger partial charge in [-0.25, -0.2) is 4.79 Å². The lowest BCUT2D eigenvalue weighted by atomic mass is 10.0. The number of carbonyl (C=O) groups is 1. The molecule has 0 amide bonds. The first-order chi connectivity index (χ1) is 12.0. The van der Waals surface area contributed by atoms with Crippen LogP contribution in [-0.4, -0.2) is 29.8 Å². The van der Waals surface area contributed by atoms with E-state index in [2.05, 4.69) is 4.98 Å². The topological polar surface area (TPSA) is 68.7 Å². The minimum atomic E-state index is -0.956. The number of carboxylic acids is 1. The van der Waals surface area contributed by atoms with Crippen molar-refractivity contribution in [3.8, 4) is 22.8 Å². The zero-order valence-corrected chi connectivity index (χ0v) is 15.2. The molecule has 1 heterocycles. The minimum Gasteiger partial charge on any atom is -0.497 e. The number of ether oxygens (including phenoxy) is 2. The molecule has 5 heteroatoms. The lowest BCUT2D eigenvalue weighted by molar-refractivity contribution is 0.0695. The molecular formula is C20H25NO4. The maximum atomic E-state index is 11.5. The van der Waals surface area contributed by atoms with Gasteiger partial charge < -0.3 is 14.6 Å². The van der Waals surface area contributed by atoms with Crippen molar-refractivity contribution in [3.63, 3.8) is 0 Å². The molecule has 1 aromatic carbocycles. The first kappa shape index (κ1) is 18.8. The summed E-state index contributed by atoms with van der Waals surface area (Å²) in [5, 5.41) is 9.41. The summed E-state index contributed by atoms with van der Waals surface area (Å²) in [6.07, 6.45) is 1.50. The van der Waals surface area contributed by atoms with Crippen molar-refractivity contribution in [1.82, 2.24) is 4.98 Å². The summed E-state index contributed by atoms with van der Waals surface area (Å²) < 4.78 is 11.1. The van der Waals surface area contributed by atoms with Crippen molar-refractivity contribution in [1.29, 1.82) is 0 Å². The highest BCUT2D eigenvalue weighted by molar-refractivity contribution is 5.89. The average molecular weight is 343 g/mol. The van der Waals surface area contributed by atoms with Gasteiger partial charge in [0.15, 0.2) is 0 Å². The summed E-state index contributed by atoms with van der Waals surface area (Å²) in [6.45, 7) is 6.73. The molecule has 0 atom stereocenters. The van der Waals surface area contributed by atoms with Gasteiger partial charge in [0, 0.05) is 5.56 Å². The van der Waals surface area contributed by atoms with Gasteiger partial charge in [0.2, 0.25) is 0 Å². The van der Waals surface area contributed by atoms with Crippen molar-refractivity contribution in [3.05, 3.63) is 41.6 Å². The Morgan fingerprint density at radius 1 is 1.24 bits per heavy atom. The highest BCUT2D eigenvalue weighted by Crippen LogP contribution is 2.33. The molecule has 2 rings (SSSR count). The fourth-order valence-electron chi connectivity index (χ4n) is 2.56. The Bertz CT molecular complexity index is 740. The predicted molar refractivity (Wildman–Crippen MR) is 97.5 cm³/mol. The Hall–Kier alpha value is -2.56. The number of pyridine rings is 1. The second-order valence-corrected chi connectivity index (χ2v) is 6.30. The smallest absolute Gasteiger partial charge is 0.337 e. The summed E-state index contributed by atoms with van der Waals surface area (Å²) in [6, 6.07) is 8.91. The summed E-state index contributed by atoms with van der Waals surface area (Å²) in [5.74, 6) is 0.770. The van der Waals surface area contributed by atoms with E-state index in [1.807, 2.05) is 39.0 Å². The van der Waals surface area contributed by atoms with Crippen molar-refractivity contribution >= 4 is 5.97 Å². The second kappa shape index (κ2) is 8.51. The standard InChI is InChI=1S/C20H25NO4/c1-5-10-25-19-9-6-14(24-4)12-16(19)17-8-7-15(20(22)23)18(21-17)11-13(2)3/h6-9,12-13H,5,10-11H2,1-4H3,(H,22,23). The fourth-order valence-corrected chi connectivity index (χ4v) is 2.56. The Morgan fingerprint density at radius 3 is 2.60 bits per heavy atom. The number of carboxylic acid groups (broad SMARTS) is 1. The minimum absolute atomic E-state index is 0.247. The van der Waals surface area contributed by atoms with Crippen LogP contribution in [-0.2, 0) is 6.42 Å². The van der Waals surface area contributed by atoms with Gasteiger partial charge in [-0.1, -0.05) is 20.8 Å². The van der Waals surface area contributed by atoms with E-state index in [9.17, 15) is 9.90 Å². The van der Waals surface area contributed by atoms with Crippen LogP contribution < -0.4 is 9.47 Å². The van der Waals surface area contributed by atoms with Crippen molar-refractivity contribution in [2.24, 2.45) is 5.92 Å². The molecule has 5 nitrogen and oxygen atoms in total. The van der Waals surface area contributed by atoms with Crippen LogP contribution in [0.15, 0.2) is 30.3 Å². The quantitative estimate of drug-likeness (QED) is 0.767. The highest BCUT2D eigenvalue weighted by atomic mass is 16.5. The van der Waals surface area contributed by atoms with Gasteiger partial charge in [-0.2, -0.15) is 0 Å². The molecule has 0 aliphatic heterocycles. The number of rotatable bonds is 8. The molecule has 0 unspecified atom stereocenters. The maximum Gasteiger partial charge on any atom is 0.337 e. The summed E-state index contributed by atoms with van der Waals surface area (Å²) in [7, 11) is 1.61. The van der Waals surface area contributed by atoms with Gasteiger partial charge in [-0.3, -0.25) is 4.98 Å². The van der Waals surface area contributed by atoms with Crippen LogP contribution in [0.1, 0.15) is 43.2 Å². The molecule has 1 aromatic heterocycles. The zero-order chi connectivity index (χ0) is 18.4. The summed E-state index contributed by atoms with van der Waals surface area (Å²) in [5.41, 5.74) is 2.32. The molecule has 0 fully saturated rings. The van der Waals surface area contributed by atoms with Crippen LogP contribution in [0.25, 0.3) is 11.3 Å². The van der Waals surface area contributed by atoms with Crippen molar-refractivity contribution in [2.45, 2.75) is 33.6 Å². The molecule has 25 heavy (non-hydrogen) atoms. The van der Waals surface area contributed by atoms with E-state index in [1.54, 1.807) is 19.2 Å². The SMILES string of the molecule is CCCOc1ccc(OC)cc1-c1ccc(C(=O)O)c(CC(C)C)n1. The lowest BCUT2D eigenvalue weighted by Gasteiger charge is -2.14. The van der Waals surface area contributed by atoms with Crippen LogP contribution >= 0.6 is 0 Å². The molecule has 2 aromatic rings. The molecule has 0 spiro atoms. The Balaban J connectivity index is 2.54. The van der Waals surface area contributed by atoms with Gasteiger partial charge in [-0.15, -0.1) is 0 Å². The molecule has 134 valence electrons. The third-order valence-electron chi connectivity index (χ3n) is 3.73. The Morgan fingerprint density at radius 2 is 2.00 bits per heavy atom. The molecule has 0 saturated carbocycles. The number of hydrogen-bond donors (Lipinski definition) is 1. The molecular weight excluding hydrogens is 318 g/mol. The number of nitrogens with zero attached hydrogens (tertiary/aromatic N) is 1. The number of benzene rings is 1. The van der Waals surface area contributed by atoms with Crippen LogP contribution in [0, 0.1) is 5.92 Å². The van der Waals surface area contributed by atoms with Crippen molar-refractivity contribution in [2.75, 3.05) is 13.7 Å². The third kappa shape index (κ3) is 4.72. The van der Waals surface area contributed by atoms with E-state index in [0.717, 1.165) is 12.0 Å². The second-order valence-electron chi connectivity index (χ2n) is 6.30. The van der Waals surface area contributed by atoms with E-state index in [1.165, 1.54) is 0 Å². The normalized spacial score (nSPS) is 10.8. The first-order valence-electron chi connectivity index (χ1n) is 8.50. The van der Waals surface area contributed by atoms with Crippen LogP contribution in [0.2, 0.25) is 0 Å². The zero-order valence-electron chi connectivity index (χ0n) is 15.2. The number of aromatic nitrogens is 1. The van der Waals surface area contributed by atoms with Crippen LogP contribution in [0.5, 0.6) is 11.5 Å². The van der Waals surface area contributed by atoms with E-state index in [0.29, 0.717) is 41.8 Å². The van der Waals surface area contributed by atoms with Gasteiger partial charge in [0.25, 0.3) is 0 Å². The van der Waals surface area contributed by atoms with E-state index in [4.69, 9.17) is 9.47 Å². The van der Waals surface area contributed by atoms with Gasteiger partial charge in [0.1, 0.15) is 11.5 Å². The van der Waals surface area contributed by atoms with E-state index in [-0.39, 0.29) is 5.56 Å². The van der Waals surface area contributed by atoms with E-state index >= 15 is 0 Å². The highest BCUT2D eigenvalue weighted by Gasteiger charge is 2.16.